The standard InChI is InChI=1S/C14H18O/c1-11-5-4-8-13(14(11)15)10-9-12-6-2-3-7-12/h4-5,8-9,15H,2-3,6-7,10H2,1H3. The summed E-state index contributed by atoms with van der Waals surface area (Å²) < 4.78 is 0. The van der Waals surface area contributed by atoms with Gasteiger partial charge in [-0.15, -0.1) is 0 Å². The van der Waals surface area contributed by atoms with E-state index in [1.54, 1.807) is 5.57 Å². The summed E-state index contributed by atoms with van der Waals surface area (Å²) in [4.78, 5) is 0. The van der Waals surface area contributed by atoms with E-state index in [0.29, 0.717) is 5.75 Å². The lowest BCUT2D eigenvalue weighted by Gasteiger charge is -2.04. The molecule has 15 heavy (non-hydrogen) atoms. The van der Waals surface area contributed by atoms with Crippen molar-refractivity contribution in [2.75, 3.05) is 0 Å². The summed E-state index contributed by atoms with van der Waals surface area (Å²) in [5, 5.41) is 9.84. The summed E-state index contributed by atoms with van der Waals surface area (Å²) in [7, 11) is 0. The topological polar surface area (TPSA) is 20.2 Å². The summed E-state index contributed by atoms with van der Waals surface area (Å²) >= 11 is 0. The normalized spacial score (nSPS) is 15.7. The number of rotatable bonds is 2. The highest BCUT2D eigenvalue weighted by molar-refractivity contribution is 5.40. The zero-order valence-corrected chi connectivity index (χ0v) is 9.29. The molecular formula is C14H18O. The Labute approximate surface area is 91.4 Å². The van der Waals surface area contributed by atoms with E-state index in [1.807, 2.05) is 25.1 Å². The number of benzene rings is 1. The van der Waals surface area contributed by atoms with E-state index in [0.717, 1.165) is 17.5 Å². The zero-order valence-electron chi connectivity index (χ0n) is 9.29. The number of phenolic OH excluding ortho intramolecular Hbond substituents is 1. The van der Waals surface area contributed by atoms with Gasteiger partial charge in [-0.1, -0.05) is 29.8 Å². The molecule has 0 unspecified atom stereocenters. The molecule has 1 fully saturated rings. The van der Waals surface area contributed by atoms with Crippen LogP contribution in [0.5, 0.6) is 5.75 Å². The van der Waals surface area contributed by atoms with Crippen molar-refractivity contribution < 1.29 is 5.11 Å². The first kappa shape index (κ1) is 10.3. The number of hydrogen-bond acceptors (Lipinski definition) is 1. The molecule has 0 saturated heterocycles. The first-order valence-corrected chi connectivity index (χ1v) is 5.73. The lowest BCUT2D eigenvalue weighted by atomic mass is 10.0. The highest BCUT2D eigenvalue weighted by atomic mass is 16.3. The van der Waals surface area contributed by atoms with E-state index >= 15 is 0 Å². The molecule has 1 aliphatic carbocycles. The molecule has 2 rings (SSSR count). The molecule has 1 heteroatoms. The molecule has 1 saturated carbocycles. The minimum atomic E-state index is 0.465. The summed E-state index contributed by atoms with van der Waals surface area (Å²) in [6.45, 7) is 1.95. The van der Waals surface area contributed by atoms with Crippen molar-refractivity contribution in [3.63, 3.8) is 0 Å². The Hall–Kier alpha value is -1.24. The van der Waals surface area contributed by atoms with E-state index in [-0.39, 0.29) is 0 Å². The second-order valence-electron chi connectivity index (χ2n) is 4.36. The Bertz CT molecular complexity index is 369. The van der Waals surface area contributed by atoms with E-state index < -0.39 is 0 Å². The van der Waals surface area contributed by atoms with Crippen molar-refractivity contribution >= 4 is 0 Å². The van der Waals surface area contributed by atoms with Gasteiger partial charge in [0.25, 0.3) is 0 Å². The average Bonchev–Trinajstić information content (AvgIpc) is 2.73. The van der Waals surface area contributed by atoms with Crippen LogP contribution in [0.3, 0.4) is 0 Å². The quantitative estimate of drug-likeness (QED) is 0.724. The van der Waals surface area contributed by atoms with Crippen molar-refractivity contribution in [2.24, 2.45) is 0 Å². The molecule has 1 aromatic rings. The molecule has 0 bridgehead atoms. The Kier molecular flexibility index (Phi) is 3.10. The van der Waals surface area contributed by atoms with Gasteiger partial charge in [-0.2, -0.15) is 0 Å². The van der Waals surface area contributed by atoms with E-state index in [2.05, 4.69) is 6.08 Å². The Morgan fingerprint density at radius 1 is 1.27 bits per heavy atom. The highest BCUT2D eigenvalue weighted by Gasteiger charge is 2.07. The van der Waals surface area contributed by atoms with Crippen LogP contribution < -0.4 is 0 Å². The number of aryl methyl sites for hydroxylation is 1. The number of hydrogen-bond donors (Lipinski definition) is 1. The van der Waals surface area contributed by atoms with Crippen LogP contribution in [0, 0.1) is 6.92 Å². The maximum absolute atomic E-state index is 9.84. The molecule has 0 radical (unpaired) electrons. The number of para-hydroxylation sites is 1. The molecule has 0 aliphatic heterocycles. The molecule has 1 aliphatic rings. The molecule has 0 heterocycles. The van der Waals surface area contributed by atoms with Gasteiger partial charge < -0.3 is 5.11 Å². The lowest BCUT2D eigenvalue weighted by molar-refractivity contribution is 0.465. The minimum absolute atomic E-state index is 0.465. The summed E-state index contributed by atoms with van der Waals surface area (Å²) in [6.07, 6.45) is 8.36. The van der Waals surface area contributed by atoms with Crippen molar-refractivity contribution in [1.82, 2.24) is 0 Å². The maximum atomic E-state index is 9.84. The minimum Gasteiger partial charge on any atom is -0.507 e. The predicted molar refractivity (Wildman–Crippen MR) is 63.1 cm³/mol. The molecule has 0 amide bonds. The van der Waals surface area contributed by atoms with Crippen LogP contribution in [-0.4, -0.2) is 5.11 Å². The zero-order chi connectivity index (χ0) is 10.7. The van der Waals surface area contributed by atoms with Crippen molar-refractivity contribution in [1.29, 1.82) is 0 Å². The summed E-state index contributed by atoms with van der Waals surface area (Å²) in [5.41, 5.74) is 3.59. The second kappa shape index (κ2) is 4.52. The largest absolute Gasteiger partial charge is 0.507 e. The van der Waals surface area contributed by atoms with Gasteiger partial charge in [-0.3, -0.25) is 0 Å². The lowest BCUT2D eigenvalue weighted by Crippen LogP contribution is -1.86. The molecule has 1 aromatic carbocycles. The third-order valence-corrected chi connectivity index (χ3v) is 3.18. The number of phenols is 1. The van der Waals surface area contributed by atoms with Crippen molar-refractivity contribution in [2.45, 2.75) is 39.0 Å². The average molecular weight is 202 g/mol. The monoisotopic (exact) mass is 202 g/mol. The number of allylic oxidation sites excluding steroid dienone is 2. The van der Waals surface area contributed by atoms with E-state index in [1.165, 1.54) is 25.7 Å². The predicted octanol–water partition coefficient (Wildman–Crippen LogP) is 3.74. The molecule has 1 nitrogen and oxygen atoms in total. The Balaban J connectivity index is 2.10. The third-order valence-electron chi connectivity index (χ3n) is 3.18. The van der Waals surface area contributed by atoms with Gasteiger partial charge in [0.2, 0.25) is 0 Å². The molecule has 0 aromatic heterocycles. The van der Waals surface area contributed by atoms with Gasteiger partial charge in [0.1, 0.15) is 5.75 Å². The molecular weight excluding hydrogens is 184 g/mol. The van der Waals surface area contributed by atoms with Gasteiger partial charge >= 0.3 is 0 Å². The van der Waals surface area contributed by atoms with E-state index in [9.17, 15) is 5.11 Å². The van der Waals surface area contributed by atoms with Gasteiger partial charge in [-0.05, 0) is 50.2 Å². The summed E-state index contributed by atoms with van der Waals surface area (Å²) in [6, 6.07) is 5.97. The fourth-order valence-electron chi connectivity index (χ4n) is 2.17. The summed E-state index contributed by atoms with van der Waals surface area (Å²) in [5.74, 6) is 0.465. The van der Waals surface area contributed by atoms with Gasteiger partial charge in [0.15, 0.2) is 0 Å². The van der Waals surface area contributed by atoms with Crippen LogP contribution in [0.4, 0.5) is 0 Å². The maximum Gasteiger partial charge on any atom is 0.121 e. The fourth-order valence-corrected chi connectivity index (χ4v) is 2.17. The Morgan fingerprint density at radius 2 is 2.00 bits per heavy atom. The Morgan fingerprint density at radius 3 is 2.73 bits per heavy atom. The molecule has 80 valence electrons. The van der Waals surface area contributed by atoms with Crippen LogP contribution in [0.2, 0.25) is 0 Å². The van der Waals surface area contributed by atoms with Gasteiger partial charge in [0, 0.05) is 0 Å². The third kappa shape index (κ3) is 2.41. The SMILES string of the molecule is Cc1cccc(CC=C2CCCC2)c1O. The van der Waals surface area contributed by atoms with Crippen LogP contribution >= 0.6 is 0 Å². The van der Waals surface area contributed by atoms with Crippen LogP contribution in [-0.2, 0) is 6.42 Å². The van der Waals surface area contributed by atoms with Gasteiger partial charge in [-0.25, -0.2) is 0 Å². The smallest absolute Gasteiger partial charge is 0.121 e. The molecule has 0 spiro atoms. The second-order valence-corrected chi connectivity index (χ2v) is 4.36. The van der Waals surface area contributed by atoms with Gasteiger partial charge in [0.05, 0.1) is 0 Å². The van der Waals surface area contributed by atoms with Crippen LogP contribution in [0.1, 0.15) is 36.8 Å². The van der Waals surface area contributed by atoms with Crippen LogP contribution in [0.15, 0.2) is 29.8 Å². The first-order valence-electron chi connectivity index (χ1n) is 5.73. The van der Waals surface area contributed by atoms with Crippen molar-refractivity contribution in [3.8, 4) is 5.75 Å². The number of aromatic hydroxyl groups is 1. The van der Waals surface area contributed by atoms with Crippen LogP contribution in [0.25, 0.3) is 0 Å². The molecule has 1 N–H and O–H groups in total. The van der Waals surface area contributed by atoms with E-state index in [4.69, 9.17) is 0 Å². The molecule has 0 atom stereocenters. The fraction of sp³-hybridized carbons (Fsp3) is 0.429. The highest BCUT2D eigenvalue weighted by Crippen LogP contribution is 2.26. The first-order chi connectivity index (χ1) is 7.27. The van der Waals surface area contributed by atoms with Crippen molar-refractivity contribution in [3.05, 3.63) is 41.0 Å².